The van der Waals surface area contributed by atoms with E-state index in [1.165, 1.54) is 0 Å². The van der Waals surface area contributed by atoms with Gasteiger partial charge in [-0.15, -0.1) is 0 Å². The number of aromatic nitrogens is 4. The fourth-order valence-corrected chi connectivity index (χ4v) is 3.07. The van der Waals surface area contributed by atoms with Crippen molar-refractivity contribution >= 4 is 12.2 Å². The van der Waals surface area contributed by atoms with Crippen LogP contribution in [0, 0.1) is 27.4 Å². The lowest BCUT2D eigenvalue weighted by atomic mass is 10.2. The van der Waals surface area contributed by atoms with Gasteiger partial charge in [-0.1, -0.05) is 0 Å². The fourth-order valence-electron chi connectivity index (χ4n) is 2.73. The summed E-state index contributed by atoms with van der Waals surface area (Å²) in [5.41, 5.74) is 0.993. The van der Waals surface area contributed by atoms with Crippen LogP contribution in [0.5, 0.6) is 0 Å². The Balaban J connectivity index is 1.90. The minimum absolute atomic E-state index is 0.413. The molecule has 0 aromatic carbocycles. The Kier molecular flexibility index (Phi) is 5.54. The van der Waals surface area contributed by atoms with Gasteiger partial charge in [-0.2, -0.15) is 15.6 Å². The highest BCUT2D eigenvalue weighted by atomic mass is 32.1. The highest BCUT2D eigenvalue weighted by Crippen LogP contribution is 2.38. The number of hydrogen-bond donors (Lipinski definition) is 0. The van der Waals surface area contributed by atoms with Gasteiger partial charge in [-0.25, -0.2) is 4.68 Å². The molecular weight excluding hydrogens is 334 g/mol. The molecule has 0 radical (unpaired) electrons. The van der Waals surface area contributed by atoms with Gasteiger partial charge in [0.1, 0.15) is 0 Å². The van der Waals surface area contributed by atoms with Crippen LogP contribution in [-0.2, 0) is 6.67 Å². The van der Waals surface area contributed by atoms with E-state index in [0.717, 1.165) is 24.2 Å². The van der Waals surface area contributed by atoms with E-state index in [-0.39, 0.29) is 0 Å². The van der Waals surface area contributed by atoms with Crippen molar-refractivity contribution in [1.82, 2.24) is 24.2 Å². The lowest BCUT2D eigenvalue weighted by Crippen LogP contribution is -2.29. The third-order valence-corrected chi connectivity index (χ3v) is 4.54. The van der Waals surface area contributed by atoms with Gasteiger partial charge >= 0.3 is 0 Å². The summed E-state index contributed by atoms with van der Waals surface area (Å²) in [6.07, 6.45) is 6.56. The van der Waals surface area contributed by atoms with Crippen LogP contribution in [0.15, 0.2) is 24.5 Å². The summed E-state index contributed by atoms with van der Waals surface area (Å²) in [5.74, 6) is 0.857. The molecule has 7 nitrogen and oxygen atoms in total. The van der Waals surface area contributed by atoms with Gasteiger partial charge in [0.2, 0.25) is 0 Å². The van der Waals surface area contributed by atoms with E-state index in [1.54, 1.807) is 17.1 Å². The highest BCUT2D eigenvalue weighted by Gasteiger charge is 2.29. The van der Waals surface area contributed by atoms with Crippen LogP contribution in [0.2, 0.25) is 0 Å². The van der Waals surface area contributed by atoms with Crippen molar-refractivity contribution in [3.05, 3.63) is 29.3 Å². The number of nitriles is 2. The minimum atomic E-state index is 0.413. The smallest absolute Gasteiger partial charge is 0.199 e. The maximum absolute atomic E-state index is 8.84. The first kappa shape index (κ1) is 17.3. The molecule has 1 saturated carbocycles. The van der Waals surface area contributed by atoms with E-state index in [9.17, 15) is 0 Å². The van der Waals surface area contributed by atoms with Crippen LogP contribution >= 0.6 is 12.2 Å². The van der Waals surface area contributed by atoms with Crippen LogP contribution in [0.1, 0.15) is 31.7 Å². The molecule has 0 spiro atoms. The predicted molar refractivity (Wildman–Crippen MR) is 94.6 cm³/mol. The van der Waals surface area contributed by atoms with Crippen LogP contribution in [-0.4, -0.2) is 37.3 Å². The Hall–Kier alpha value is -2.55. The fraction of sp³-hybridized carbons (Fsp3) is 0.471. The first-order chi connectivity index (χ1) is 12.2. The normalized spacial score (nSPS) is 13.6. The highest BCUT2D eigenvalue weighted by molar-refractivity contribution is 7.71. The molecule has 1 aliphatic rings. The number of rotatable bonds is 8. The predicted octanol–water partition coefficient (Wildman–Crippen LogP) is 2.90. The van der Waals surface area contributed by atoms with Crippen LogP contribution in [0.3, 0.4) is 0 Å². The van der Waals surface area contributed by atoms with Gasteiger partial charge in [-0.3, -0.25) is 14.5 Å². The van der Waals surface area contributed by atoms with Crippen LogP contribution in [0.25, 0.3) is 11.4 Å². The lowest BCUT2D eigenvalue weighted by molar-refractivity contribution is 0.214. The molecule has 1 fully saturated rings. The van der Waals surface area contributed by atoms with Crippen molar-refractivity contribution in [2.45, 2.75) is 38.4 Å². The summed E-state index contributed by atoms with van der Waals surface area (Å²) < 4.78 is 4.61. The molecule has 25 heavy (non-hydrogen) atoms. The second kappa shape index (κ2) is 8.02. The Morgan fingerprint density at radius 2 is 1.80 bits per heavy atom. The Bertz CT molecular complexity index is 834. The summed E-state index contributed by atoms with van der Waals surface area (Å²) in [7, 11) is 0. The molecular formula is C17H19N7S. The van der Waals surface area contributed by atoms with Crippen molar-refractivity contribution in [3.8, 4) is 23.5 Å². The van der Waals surface area contributed by atoms with Crippen molar-refractivity contribution < 1.29 is 0 Å². The zero-order chi connectivity index (χ0) is 17.6. The molecule has 2 heterocycles. The topological polar surface area (TPSA) is 86.5 Å². The molecule has 8 heteroatoms. The second-order valence-electron chi connectivity index (χ2n) is 6.02. The summed E-state index contributed by atoms with van der Waals surface area (Å²) in [6, 6.07) is 8.59. The molecule has 0 amide bonds. The molecule has 0 N–H and O–H groups in total. The first-order valence-corrected chi connectivity index (χ1v) is 8.71. The third-order valence-electron chi connectivity index (χ3n) is 4.13. The molecule has 1 aliphatic carbocycles. The molecule has 0 aliphatic heterocycles. The zero-order valence-electron chi connectivity index (χ0n) is 13.9. The molecule has 2 aromatic rings. The number of hydrogen-bond acceptors (Lipinski definition) is 6. The van der Waals surface area contributed by atoms with Crippen LogP contribution in [0.4, 0.5) is 0 Å². The summed E-state index contributed by atoms with van der Waals surface area (Å²) in [5, 5.41) is 22.4. The van der Waals surface area contributed by atoms with Gasteiger partial charge in [0.05, 0.1) is 18.8 Å². The Morgan fingerprint density at radius 1 is 1.16 bits per heavy atom. The Labute approximate surface area is 151 Å². The van der Waals surface area contributed by atoms with E-state index in [4.69, 9.17) is 27.8 Å². The zero-order valence-corrected chi connectivity index (χ0v) is 14.7. The molecule has 0 saturated heterocycles. The molecule has 2 aromatic heterocycles. The quantitative estimate of drug-likeness (QED) is 0.678. The molecule has 0 atom stereocenters. The largest absolute Gasteiger partial charge is 0.297 e. The van der Waals surface area contributed by atoms with Crippen molar-refractivity contribution in [1.29, 1.82) is 10.5 Å². The lowest BCUT2D eigenvalue weighted by Gasteiger charge is -2.19. The molecule has 128 valence electrons. The second-order valence-corrected chi connectivity index (χ2v) is 6.38. The molecule has 3 rings (SSSR count). The van der Waals surface area contributed by atoms with Crippen LogP contribution < -0.4 is 0 Å². The van der Waals surface area contributed by atoms with E-state index in [2.05, 4.69) is 21.7 Å². The average Bonchev–Trinajstić information content (AvgIpc) is 3.42. The van der Waals surface area contributed by atoms with E-state index >= 15 is 0 Å². The average molecular weight is 353 g/mol. The van der Waals surface area contributed by atoms with E-state index in [1.807, 2.05) is 17.0 Å². The van der Waals surface area contributed by atoms with Gasteiger partial charge in [0, 0.05) is 49.9 Å². The van der Waals surface area contributed by atoms with Crippen molar-refractivity contribution in [2.24, 2.45) is 0 Å². The monoisotopic (exact) mass is 353 g/mol. The standard InChI is InChI=1S/C17H19N7S/c18-7-1-11-22(12-2-8-19)13-23-17(25)24(15-3-4-15)16(21-23)14-5-9-20-10-6-14/h5-6,9-10,15H,1-4,11-13H2. The van der Waals surface area contributed by atoms with Gasteiger partial charge in [0.15, 0.2) is 10.6 Å². The van der Waals surface area contributed by atoms with Crippen molar-refractivity contribution in [2.75, 3.05) is 13.1 Å². The maximum atomic E-state index is 8.84. The molecule has 0 unspecified atom stereocenters. The van der Waals surface area contributed by atoms with Gasteiger partial charge in [-0.05, 0) is 37.2 Å². The minimum Gasteiger partial charge on any atom is -0.297 e. The van der Waals surface area contributed by atoms with Crippen molar-refractivity contribution in [3.63, 3.8) is 0 Å². The van der Waals surface area contributed by atoms with Gasteiger partial charge in [0.25, 0.3) is 0 Å². The van der Waals surface area contributed by atoms with E-state index in [0.29, 0.717) is 43.4 Å². The molecule has 0 bridgehead atoms. The third kappa shape index (κ3) is 4.11. The number of pyridine rings is 1. The summed E-state index contributed by atoms with van der Waals surface area (Å²) in [6.45, 7) is 1.68. The number of nitrogens with zero attached hydrogens (tertiary/aromatic N) is 7. The van der Waals surface area contributed by atoms with E-state index < -0.39 is 0 Å². The summed E-state index contributed by atoms with van der Waals surface area (Å²) >= 11 is 5.66. The first-order valence-electron chi connectivity index (χ1n) is 8.30. The van der Waals surface area contributed by atoms with Gasteiger partial charge < -0.3 is 0 Å². The summed E-state index contributed by atoms with van der Waals surface area (Å²) in [4.78, 5) is 6.11. The Morgan fingerprint density at radius 3 is 2.36 bits per heavy atom. The maximum Gasteiger partial charge on any atom is 0.199 e. The SMILES string of the molecule is N#CCCN(CCC#N)Cn1nc(-c2ccncc2)n(C2CC2)c1=S.